The number of hydrogen-bond acceptors (Lipinski definition) is 8. The molecule has 14 heteroatoms. The molecule has 4 rings (SSSR count). The number of nitrogens with one attached hydrogen (secondary N) is 6. The zero-order valence-corrected chi connectivity index (χ0v) is 35.6. The Hall–Kier alpha value is -5.69. The van der Waals surface area contributed by atoms with Crippen molar-refractivity contribution in [3.63, 3.8) is 0 Å². The van der Waals surface area contributed by atoms with Gasteiger partial charge in [-0.1, -0.05) is 59.1 Å². The number of rotatable bonds is 22. The Morgan fingerprint density at radius 1 is 0.695 bits per heavy atom. The monoisotopic (exact) mass is 827 g/mol. The molecule has 0 bridgehead atoms. The Kier molecular flexibility index (Phi) is 18.0. The van der Waals surface area contributed by atoms with Crippen LogP contribution in [0.3, 0.4) is 0 Å². The minimum Gasteiger partial charge on any atom is -0.457 e. The lowest BCUT2D eigenvalue weighted by atomic mass is 9.96. The average molecular weight is 828 g/mol. The van der Waals surface area contributed by atoms with Crippen LogP contribution in [0.15, 0.2) is 79.0 Å². The third kappa shape index (κ3) is 14.3. The molecule has 59 heavy (non-hydrogen) atoms. The molecule has 0 aliphatic carbocycles. The van der Waals surface area contributed by atoms with Crippen LogP contribution in [0.5, 0.6) is 11.5 Å². The quantitative estimate of drug-likeness (QED) is 0.0458. The van der Waals surface area contributed by atoms with E-state index in [-0.39, 0.29) is 23.7 Å². The first-order chi connectivity index (χ1) is 28.3. The maximum atomic E-state index is 13.5. The molecule has 5 amide bonds. The molecule has 0 saturated carbocycles. The van der Waals surface area contributed by atoms with Crippen LogP contribution in [0.25, 0.3) is 10.9 Å². The number of pyridine rings is 1. The maximum absolute atomic E-state index is 13.5. The van der Waals surface area contributed by atoms with Gasteiger partial charge >= 0.3 is 0 Å². The van der Waals surface area contributed by atoms with Crippen molar-refractivity contribution in [2.75, 3.05) is 25.0 Å². The average Bonchev–Trinajstić information content (AvgIpc) is 3.22. The smallest absolute Gasteiger partial charge is 0.251 e. The molecule has 0 radical (unpaired) electrons. The molecular formula is C45H58ClN7O6. The predicted octanol–water partition coefficient (Wildman–Crippen LogP) is 7.01. The molecule has 316 valence electrons. The number of halogens is 1. The van der Waals surface area contributed by atoms with Crippen molar-refractivity contribution in [1.82, 2.24) is 31.6 Å². The number of unbranched alkanes of at least 4 members (excludes halogenated alkanes) is 1. The van der Waals surface area contributed by atoms with Gasteiger partial charge in [-0.3, -0.25) is 29.0 Å². The summed E-state index contributed by atoms with van der Waals surface area (Å²) < 4.78 is 5.95. The van der Waals surface area contributed by atoms with Gasteiger partial charge < -0.3 is 36.6 Å². The van der Waals surface area contributed by atoms with Gasteiger partial charge in [0.05, 0.1) is 5.52 Å². The molecule has 4 aromatic rings. The van der Waals surface area contributed by atoms with Crippen molar-refractivity contribution in [3.8, 4) is 11.5 Å². The number of anilines is 1. The molecular weight excluding hydrogens is 770 g/mol. The summed E-state index contributed by atoms with van der Waals surface area (Å²) in [7, 11) is 0. The highest BCUT2D eigenvalue weighted by molar-refractivity contribution is 6.31. The van der Waals surface area contributed by atoms with Crippen LogP contribution in [0.1, 0.15) is 94.4 Å². The molecule has 6 N–H and O–H groups in total. The Bertz CT molecular complexity index is 2030. The predicted molar refractivity (Wildman–Crippen MR) is 233 cm³/mol. The number of benzene rings is 3. The first-order valence-electron chi connectivity index (χ1n) is 20.4. The van der Waals surface area contributed by atoms with E-state index in [0.29, 0.717) is 66.5 Å². The minimum atomic E-state index is -0.844. The number of hydrogen-bond donors (Lipinski definition) is 6. The molecule has 0 saturated heterocycles. The summed E-state index contributed by atoms with van der Waals surface area (Å²) in [5.74, 6) is -0.847. The number of carbonyl (C=O) groups excluding carboxylic acids is 5. The first-order valence-corrected chi connectivity index (χ1v) is 20.8. The van der Waals surface area contributed by atoms with Crippen LogP contribution in [0, 0.1) is 11.8 Å². The van der Waals surface area contributed by atoms with Crippen LogP contribution in [0.4, 0.5) is 5.69 Å². The van der Waals surface area contributed by atoms with Crippen LogP contribution >= 0.6 is 11.6 Å². The second-order valence-electron chi connectivity index (χ2n) is 15.1. The summed E-state index contributed by atoms with van der Waals surface area (Å²) in [6.45, 7) is 13.1. The molecule has 1 aromatic heterocycles. The van der Waals surface area contributed by atoms with Crippen molar-refractivity contribution in [2.45, 2.75) is 91.8 Å². The number of ether oxygens (including phenoxy) is 1. The topological polar surface area (TPSA) is 180 Å². The fourth-order valence-electron chi connectivity index (χ4n) is 6.18. The van der Waals surface area contributed by atoms with Crippen molar-refractivity contribution < 1.29 is 28.7 Å². The van der Waals surface area contributed by atoms with E-state index < -0.39 is 35.8 Å². The summed E-state index contributed by atoms with van der Waals surface area (Å²) in [5, 5.41) is 19.2. The lowest BCUT2D eigenvalue weighted by Crippen LogP contribution is -2.56. The molecule has 3 aromatic carbocycles. The Morgan fingerprint density at radius 2 is 1.31 bits per heavy atom. The van der Waals surface area contributed by atoms with Crippen LogP contribution in [0.2, 0.25) is 5.02 Å². The first kappa shape index (κ1) is 46.0. The van der Waals surface area contributed by atoms with Gasteiger partial charge in [-0.05, 0) is 111 Å². The van der Waals surface area contributed by atoms with Crippen molar-refractivity contribution in [2.24, 2.45) is 11.8 Å². The fraction of sp³-hybridized carbons (Fsp3) is 0.422. The fourth-order valence-corrected chi connectivity index (χ4v) is 6.35. The lowest BCUT2D eigenvalue weighted by molar-refractivity contribution is -0.131. The van der Waals surface area contributed by atoms with Crippen molar-refractivity contribution in [3.05, 3.63) is 95.1 Å². The standard InChI is InChI=1S/C45H58ClN7O6/c1-7-9-22-50-44(57)39(26-28(3)4)52-45(58)40(29(5)8-2)53-43(56)32-13-18-35(19-14-32)59-34-16-11-31(12-17-34)42(55)51-30(6)41(54)49-24-10-23-47-37-21-25-48-38-27-33(46)15-20-36(37)38/h11-21,25,27-30,39-40H,7-10,22-24,26H2,1-6H3,(H,47,48)(H,49,54)(H,50,57)(H,51,55)(H,52,58)(H,53,56)/t29-,30-,39-,40-/m0/s1. The molecule has 1 heterocycles. The van der Waals surface area contributed by atoms with Gasteiger partial charge in [0, 0.05) is 53.1 Å². The highest BCUT2D eigenvalue weighted by Crippen LogP contribution is 2.25. The maximum Gasteiger partial charge on any atom is 0.251 e. The van der Waals surface area contributed by atoms with E-state index in [1.807, 2.05) is 58.9 Å². The van der Waals surface area contributed by atoms with E-state index in [1.165, 1.54) is 0 Å². The lowest BCUT2D eigenvalue weighted by Gasteiger charge is -2.27. The van der Waals surface area contributed by atoms with Gasteiger partial charge in [0.2, 0.25) is 17.7 Å². The minimum absolute atomic E-state index is 0.175. The van der Waals surface area contributed by atoms with Gasteiger partial charge in [0.25, 0.3) is 11.8 Å². The van der Waals surface area contributed by atoms with Gasteiger partial charge in [-0.2, -0.15) is 0 Å². The second-order valence-corrected chi connectivity index (χ2v) is 15.5. The van der Waals surface area contributed by atoms with Gasteiger partial charge in [-0.25, -0.2) is 0 Å². The number of fused-ring (bicyclic) bond motifs is 1. The zero-order valence-electron chi connectivity index (χ0n) is 34.8. The van der Waals surface area contributed by atoms with Gasteiger partial charge in [0.15, 0.2) is 0 Å². The Balaban J connectivity index is 1.23. The summed E-state index contributed by atoms with van der Waals surface area (Å²) in [6.07, 6.45) is 5.29. The Labute approximate surface area is 352 Å². The zero-order chi connectivity index (χ0) is 42.9. The molecule has 13 nitrogen and oxygen atoms in total. The van der Waals surface area contributed by atoms with Crippen LogP contribution in [-0.4, -0.2) is 72.3 Å². The van der Waals surface area contributed by atoms with E-state index in [1.54, 1.807) is 61.7 Å². The third-order valence-corrected chi connectivity index (χ3v) is 10.1. The molecule has 4 atom stereocenters. The summed E-state index contributed by atoms with van der Waals surface area (Å²) in [4.78, 5) is 69.7. The molecule has 0 unspecified atom stereocenters. The van der Waals surface area contributed by atoms with Gasteiger partial charge in [-0.15, -0.1) is 0 Å². The molecule has 0 spiro atoms. The summed E-state index contributed by atoms with van der Waals surface area (Å²) >= 11 is 6.08. The number of aromatic nitrogens is 1. The Morgan fingerprint density at radius 3 is 1.92 bits per heavy atom. The van der Waals surface area contributed by atoms with Crippen molar-refractivity contribution in [1.29, 1.82) is 0 Å². The van der Waals surface area contributed by atoms with E-state index in [4.69, 9.17) is 16.3 Å². The normalized spacial score (nSPS) is 13.1. The highest BCUT2D eigenvalue weighted by atomic mass is 35.5. The van der Waals surface area contributed by atoms with E-state index >= 15 is 0 Å². The number of amides is 5. The SMILES string of the molecule is CCCCNC(=O)[C@H](CC(C)C)NC(=O)[C@@H](NC(=O)c1ccc(Oc2ccc(C(=O)N[C@@H](C)C(=O)NCCCNc3ccnc4cc(Cl)ccc34)cc2)cc1)[C@@H](C)CC. The van der Waals surface area contributed by atoms with Crippen molar-refractivity contribution >= 4 is 57.7 Å². The molecule has 0 aliphatic heterocycles. The molecule has 0 fully saturated rings. The van der Waals surface area contributed by atoms with E-state index in [2.05, 4.69) is 36.9 Å². The van der Waals surface area contributed by atoms with E-state index in [0.717, 1.165) is 29.4 Å². The van der Waals surface area contributed by atoms with Gasteiger partial charge in [0.1, 0.15) is 29.6 Å². The highest BCUT2D eigenvalue weighted by Gasteiger charge is 2.30. The third-order valence-electron chi connectivity index (χ3n) is 9.83. The summed E-state index contributed by atoms with van der Waals surface area (Å²) in [6, 6.07) is 18.1. The summed E-state index contributed by atoms with van der Waals surface area (Å²) in [5.41, 5.74) is 2.41. The van der Waals surface area contributed by atoms with E-state index in [9.17, 15) is 24.0 Å². The number of nitrogens with zero attached hydrogens (tertiary/aromatic N) is 1. The molecule has 0 aliphatic rings. The van der Waals surface area contributed by atoms with Crippen LogP contribution < -0.4 is 36.6 Å². The second kappa shape index (κ2) is 23.0. The largest absolute Gasteiger partial charge is 0.457 e. The number of carbonyl (C=O) groups is 5. The van der Waals surface area contributed by atoms with Crippen LogP contribution in [-0.2, 0) is 14.4 Å².